The predicted octanol–water partition coefficient (Wildman–Crippen LogP) is 5.07. The molecule has 2 rings (SSSR count). The van der Waals surface area contributed by atoms with Crippen LogP contribution in [0, 0.1) is 0 Å². The van der Waals surface area contributed by atoms with E-state index in [0.717, 1.165) is 18.8 Å². The molecule has 0 radical (unpaired) electrons. The van der Waals surface area contributed by atoms with Crippen LogP contribution in [0.1, 0.15) is 32.8 Å². The van der Waals surface area contributed by atoms with Gasteiger partial charge in [0.1, 0.15) is 5.75 Å². The minimum atomic E-state index is 0.193. The van der Waals surface area contributed by atoms with E-state index in [1.807, 2.05) is 12.1 Å². The Kier molecular flexibility index (Phi) is 5.62. The first-order valence-electron chi connectivity index (χ1n) is 7.83. The van der Waals surface area contributed by atoms with Crippen LogP contribution in [0.25, 0.3) is 11.1 Å². The highest BCUT2D eigenvalue weighted by molar-refractivity contribution is 5.64. The maximum absolute atomic E-state index is 5.68. The molecule has 0 saturated carbocycles. The van der Waals surface area contributed by atoms with Crippen molar-refractivity contribution in [2.75, 3.05) is 20.3 Å². The van der Waals surface area contributed by atoms with Gasteiger partial charge in [-0.1, -0.05) is 57.2 Å². The maximum atomic E-state index is 5.68. The van der Waals surface area contributed by atoms with Gasteiger partial charge in [-0.05, 0) is 34.2 Å². The van der Waals surface area contributed by atoms with E-state index in [1.54, 1.807) is 7.11 Å². The zero-order valence-electron chi connectivity index (χ0n) is 14.1. The highest BCUT2D eigenvalue weighted by atomic mass is 16.5. The van der Waals surface area contributed by atoms with Crippen LogP contribution in [0.3, 0.4) is 0 Å². The summed E-state index contributed by atoms with van der Waals surface area (Å²) in [4.78, 5) is 0. The van der Waals surface area contributed by atoms with E-state index < -0.39 is 0 Å². The van der Waals surface area contributed by atoms with Crippen molar-refractivity contribution >= 4 is 0 Å². The summed E-state index contributed by atoms with van der Waals surface area (Å²) in [5.74, 6) is 0.908. The molecule has 2 heteroatoms. The third kappa shape index (κ3) is 4.60. The van der Waals surface area contributed by atoms with Gasteiger partial charge in [-0.3, -0.25) is 0 Å². The van der Waals surface area contributed by atoms with Crippen LogP contribution in [0.4, 0.5) is 0 Å². The molecule has 0 aliphatic heterocycles. The number of ether oxygens (including phenoxy) is 2. The summed E-state index contributed by atoms with van der Waals surface area (Å²) in [6.45, 7) is 8.12. The van der Waals surface area contributed by atoms with Gasteiger partial charge < -0.3 is 9.47 Å². The lowest BCUT2D eigenvalue weighted by Gasteiger charge is -2.19. The fourth-order valence-corrected chi connectivity index (χ4v) is 2.30. The van der Waals surface area contributed by atoms with Crippen molar-refractivity contribution in [3.05, 3.63) is 54.1 Å². The molecule has 0 heterocycles. The number of hydrogen-bond acceptors (Lipinski definition) is 2. The summed E-state index contributed by atoms with van der Waals surface area (Å²) in [5, 5.41) is 0. The molecule has 2 nitrogen and oxygen atoms in total. The standard InChI is InChI=1S/C20H26O2/c1-20(2,3)18-10-6-16(7-11-18)17-8-12-19(13-9-17)22-15-5-14-21-4/h6-13H,5,14-15H2,1-4H3. The van der Waals surface area contributed by atoms with E-state index in [4.69, 9.17) is 9.47 Å². The molecule has 0 spiro atoms. The van der Waals surface area contributed by atoms with Crippen LogP contribution in [0.2, 0.25) is 0 Å². The van der Waals surface area contributed by atoms with Crippen LogP contribution in [0.5, 0.6) is 5.75 Å². The number of methoxy groups -OCH3 is 1. The van der Waals surface area contributed by atoms with Gasteiger partial charge in [-0.2, -0.15) is 0 Å². The Morgan fingerprint density at radius 2 is 1.32 bits per heavy atom. The summed E-state index contributed by atoms with van der Waals surface area (Å²) in [5.41, 5.74) is 4.00. The number of rotatable bonds is 6. The second-order valence-corrected chi connectivity index (χ2v) is 6.55. The van der Waals surface area contributed by atoms with Gasteiger partial charge in [0.05, 0.1) is 6.61 Å². The zero-order valence-corrected chi connectivity index (χ0v) is 14.1. The molecule has 0 aliphatic rings. The average molecular weight is 298 g/mol. The largest absolute Gasteiger partial charge is 0.494 e. The molecule has 118 valence electrons. The first-order chi connectivity index (χ1) is 10.5. The number of hydrogen-bond donors (Lipinski definition) is 0. The molecule has 0 fully saturated rings. The second kappa shape index (κ2) is 7.46. The summed E-state index contributed by atoms with van der Waals surface area (Å²) in [6.07, 6.45) is 0.909. The van der Waals surface area contributed by atoms with E-state index in [9.17, 15) is 0 Å². The Hall–Kier alpha value is -1.80. The summed E-state index contributed by atoms with van der Waals surface area (Å²) >= 11 is 0. The van der Waals surface area contributed by atoms with Crippen molar-refractivity contribution in [1.29, 1.82) is 0 Å². The Bertz CT molecular complexity index is 562. The summed E-state index contributed by atoms with van der Waals surface area (Å²) < 4.78 is 10.7. The molecular weight excluding hydrogens is 272 g/mol. The second-order valence-electron chi connectivity index (χ2n) is 6.55. The molecule has 0 amide bonds. The van der Waals surface area contributed by atoms with Crippen LogP contribution in [-0.2, 0) is 10.2 Å². The van der Waals surface area contributed by atoms with Crippen LogP contribution < -0.4 is 4.74 Å². The zero-order chi connectivity index (χ0) is 16.0. The summed E-state index contributed by atoms with van der Waals surface area (Å²) in [7, 11) is 1.71. The lowest BCUT2D eigenvalue weighted by molar-refractivity contribution is 0.172. The van der Waals surface area contributed by atoms with Crippen molar-refractivity contribution in [3.63, 3.8) is 0 Å². The molecule has 0 N–H and O–H groups in total. The summed E-state index contributed by atoms with van der Waals surface area (Å²) in [6, 6.07) is 17.1. The van der Waals surface area contributed by atoms with E-state index in [-0.39, 0.29) is 5.41 Å². The van der Waals surface area contributed by atoms with Gasteiger partial charge in [0.15, 0.2) is 0 Å². The van der Waals surface area contributed by atoms with Gasteiger partial charge in [0.25, 0.3) is 0 Å². The molecule has 0 aliphatic carbocycles. The molecule has 22 heavy (non-hydrogen) atoms. The normalized spacial score (nSPS) is 11.5. The van der Waals surface area contributed by atoms with Crippen LogP contribution in [0.15, 0.2) is 48.5 Å². The third-order valence-corrected chi connectivity index (χ3v) is 3.70. The van der Waals surface area contributed by atoms with Crippen molar-refractivity contribution in [3.8, 4) is 16.9 Å². The van der Waals surface area contributed by atoms with E-state index in [2.05, 4.69) is 57.2 Å². The van der Waals surface area contributed by atoms with Gasteiger partial charge in [-0.15, -0.1) is 0 Å². The fraction of sp³-hybridized carbons (Fsp3) is 0.400. The van der Waals surface area contributed by atoms with Crippen molar-refractivity contribution in [2.45, 2.75) is 32.6 Å². The minimum absolute atomic E-state index is 0.193. The molecule has 0 aromatic heterocycles. The topological polar surface area (TPSA) is 18.5 Å². The van der Waals surface area contributed by atoms with Crippen molar-refractivity contribution in [2.24, 2.45) is 0 Å². The molecule has 2 aromatic carbocycles. The quantitative estimate of drug-likeness (QED) is 0.693. The van der Waals surface area contributed by atoms with Gasteiger partial charge in [0, 0.05) is 20.1 Å². The Morgan fingerprint density at radius 3 is 1.82 bits per heavy atom. The highest BCUT2D eigenvalue weighted by Crippen LogP contribution is 2.27. The van der Waals surface area contributed by atoms with E-state index in [0.29, 0.717) is 6.61 Å². The molecule has 0 bridgehead atoms. The lowest BCUT2D eigenvalue weighted by Crippen LogP contribution is -2.10. The van der Waals surface area contributed by atoms with Crippen LogP contribution in [-0.4, -0.2) is 20.3 Å². The molecule has 0 saturated heterocycles. The van der Waals surface area contributed by atoms with Crippen molar-refractivity contribution in [1.82, 2.24) is 0 Å². The Morgan fingerprint density at radius 1 is 0.773 bits per heavy atom. The Labute approximate surface area is 134 Å². The first kappa shape index (κ1) is 16.6. The van der Waals surface area contributed by atoms with E-state index >= 15 is 0 Å². The minimum Gasteiger partial charge on any atom is -0.494 e. The van der Waals surface area contributed by atoms with Gasteiger partial charge in [-0.25, -0.2) is 0 Å². The monoisotopic (exact) mass is 298 g/mol. The molecular formula is C20H26O2. The fourth-order valence-electron chi connectivity index (χ4n) is 2.30. The smallest absolute Gasteiger partial charge is 0.119 e. The molecule has 0 unspecified atom stereocenters. The predicted molar refractivity (Wildman–Crippen MR) is 92.6 cm³/mol. The number of benzene rings is 2. The maximum Gasteiger partial charge on any atom is 0.119 e. The SMILES string of the molecule is COCCCOc1ccc(-c2ccc(C(C)(C)C)cc2)cc1. The Balaban J connectivity index is 2.01. The van der Waals surface area contributed by atoms with Crippen molar-refractivity contribution < 1.29 is 9.47 Å². The third-order valence-electron chi connectivity index (χ3n) is 3.70. The van der Waals surface area contributed by atoms with E-state index in [1.165, 1.54) is 16.7 Å². The van der Waals surface area contributed by atoms with Crippen LogP contribution >= 0.6 is 0 Å². The average Bonchev–Trinajstić information content (AvgIpc) is 2.51. The molecule has 2 aromatic rings. The van der Waals surface area contributed by atoms with Gasteiger partial charge >= 0.3 is 0 Å². The molecule has 0 atom stereocenters. The van der Waals surface area contributed by atoms with Gasteiger partial charge in [0.2, 0.25) is 0 Å². The first-order valence-corrected chi connectivity index (χ1v) is 7.83. The highest BCUT2D eigenvalue weighted by Gasteiger charge is 2.12. The lowest BCUT2D eigenvalue weighted by atomic mass is 9.86.